The average molecular weight is 928 g/mol. The van der Waals surface area contributed by atoms with Crippen LogP contribution in [0.15, 0.2) is 103 Å². The molecule has 0 bridgehead atoms. The van der Waals surface area contributed by atoms with Crippen LogP contribution in [-0.2, 0) is 104 Å². The Morgan fingerprint density at radius 3 is 1.11 bits per heavy atom. The molecule has 0 unspecified atom stereocenters. The maximum Gasteiger partial charge on any atom is 2.00 e. The van der Waals surface area contributed by atoms with Crippen LogP contribution in [0.3, 0.4) is 0 Å². The van der Waals surface area contributed by atoms with E-state index in [0.717, 1.165) is 112 Å². The number of carboxylic acid groups (broad SMARTS) is 1. The van der Waals surface area contributed by atoms with Crippen molar-refractivity contribution in [3.05, 3.63) is 138 Å². The molecular formula is C47H53Mn2N12O2+. The van der Waals surface area contributed by atoms with E-state index in [4.69, 9.17) is 40.0 Å². The third kappa shape index (κ3) is 10.3. The molecule has 0 amide bonds. The normalized spacial score (nSPS) is 11.4. The summed E-state index contributed by atoms with van der Waals surface area (Å²) in [5.74, 6) is 3.28. The second-order valence-electron chi connectivity index (χ2n) is 15.2. The minimum atomic E-state index is -0.833. The third-order valence-corrected chi connectivity index (χ3v) is 11.1. The molecule has 2 radical (unpaired) electrons. The number of imidazole rings is 4. The number of fused-ring (bicyclic) bond motifs is 4. The van der Waals surface area contributed by atoms with Gasteiger partial charge in [-0.1, -0.05) is 54.6 Å². The van der Waals surface area contributed by atoms with Gasteiger partial charge in [-0.3, -0.25) is 14.6 Å². The van der Waals surface area contributed by atoms with Gasteiger partial charge in [0.15, 0.2) is 0 Å². The van der Waals surface area contributed by atoms with Crippen molar-refractivity contribution in [2.45, 2.75) is 100 Å². The van der Waals surface area contributed by atoms with Crippen LogP contribution in [-0.4, -0.2) is 64.2 Å². The Kier molecular flexibility index (Phi) is 15.8. The standard InChI is InChI=1S/C45H49N12.C2H4O2.2Mn/c1-5-54-38-21-13-9-17-34(38)46-42(54)28-52(29-43-47-35-18-10-14-22-39(35)55(43)6-2)26-32-25-33(51-50-32)27-53(30-44-48-36-19-11-15-23-40(36)56(44)7-3)31-45-49-37-20-12-16-24-41(37)57(45)8-4;1-2(3)4;;/h9-25H,5-8,26-31H2,1-4H3;1H3,(H,3,4);;/q-1;;;+2. The number of aryl methyl sites for hydroxylation is 4. The minimum Gasteiger partial charge on any atom is -0.578 e. The van der Waals surface area contributed by atoms with Gasteiger partial charge in [-0.25, -0.2) is 19.9 Å². The van der Waals surface area contributed by atoms with Crippen molar-refractivity contribution >= 4 is 50.1 Å². The molecule has 0 saturated carbocycles. The first-order chi connectivity index (χ1) is 29.8. The van der Waals surface area contributed by atoms with Gasteiger partial charge in [0, 0.05) is 69.0 Å². The summed E-state index contributed by atoms with van der Waals surface area (Å²) >= 11 is 0. The molecule has 9 rings (SSSR count). The van der Waals surface area contributed by atoms with Crippen LogP contribution in [0, 0.1) is 0 Å². The zero-order valence-electron chi connectivity index (χ0n) is 36.4. The second kappa shape index (κ2) is 21.2. The molecule has 0 aliphatic carbocycles. The molecule has 0 spiro atoms. The average Bonchev–Trinajstić information content (AvgIpc) is 4.08. The summed E-state index contributed by atoms with van der Waals surface area (Å²) in [6, 6.07) is 35.7. The summed E-state index contributed by atoms with van der Waals surface area (Å²) in [6.45, 7) is 17.0. The summed E-state index contributed by atoms with van der Waals surface area (Å²) in [5.41, 5.74) is 10.5. The zero-order chi connectivity index (χ0) is 42.5. The molecule has 5 aromatic heterocycles. The summed E-state index contributed by atoms with van der Waals surface area (Å²) in [4.78, 5) is 34.2. The van der Waals surface area contributed by atoms with Crippen LogP contribution in [0.2, 0.25) is 0 Å². The van der Waals surface area contributed by atoms with Gasteiger partial charge in [0.25, 0.3) is 5.97 Å². The van der Waals surface area contributed by atoms with Crippen molar-refractivity contribution < 1.29 is 44.0 Å². The first-order valence-electron chi connectivity index (χ1n) is 21.2. The van der Waals surface area contributed by atoms with Crippen LogP contribution in [0.25, 0.3) is 44.1 Å². The Morgan fingerprint density at radius 1 is 0.524 bits per heavy atom. The molecule has 5 heterocycles. The quantitative estimate of drug-likeness (QED) is 0.0948. The molecule has 0 fully saturated rings. The van der Waals surface area contributed by atoms with Crippen LogP contribution in [0.1, 0.15) is 69.3 Å². The summed E-state index contributed by atoms with van der Waals surface area (Å²) in [7, 11) is 0. The molecule has 16 heteroatoms. The van der Waals surface area contributed by atoms with E-state index in [0.29, 0.717) is 39.3 Å². The predicted molar refractivity (Wildman–Crippen MR) is 238 cm³/mol. The number of rotatable bonds is 16. The van der Waals surface area contributed by atoms with Crippen molar-refractivity contribution in [2.75, 3.05) is 0 Å². The van der Waals surface area contributed by atoms with Crippen LogP contribution < -0.4 is 5.10 Å². The number of carboxylic acids is 1. The Morgan fingerprint density at radius 2 is 0.810 bits per heavy atom. The Bertz CT molecular complexity index is 2570. The predicted octanol–water partition coefficient (Wildman–Crippen LogP) is 8.01. The Labute approximate surface area is 388 Å². The van der Waals surface area contributed by atoms with Crippen molar-refractivity contribution in [3.8, 4) is 0 Å². The van der Waals surface area contributed by atoms with Gasteiger partial charge in [-0.15, -0.1) is 5.69 Å². The van der Waals surface area contributed by atoms with E-state index in [1.807, 2.05) is 0 Å². The number of benzene rings is 4. The first-order valence-corrected chi connectivity index (χ1v) is 21.2. The van der Waals surface area contributed by atoms with E-state index < -0.39 is 5.97 Å². The van der Waals surface area contributed by atoms with Crippen LogP contribution in [0.5, 0.6) is 0 Å². The zero-order valence-corrected chi connectivity index (χ0v) is 38.7. The van der Waals surface area contributed by atoms with Crippen molar-refractivity contribution in [2.24, 2.45) is 0 Å². The smallest absolute Gasteiger partial charge is 0.578 e. The number of aromatic nitrogens is 10. The number of carbonyl (C=O) groups is 1. The van der Waals surface area contributed by atoms with Crippen molar-refractivity contribution in [1.29, 1.82) is 0 Å². The van der Waals surface area contributed by atoms with E-state index in [-0.39, 0.29) is 34.1 Å². The molecule has 0 aliphatic rings. The SMILES string of the molecule is CC(=O)O.CCn1c(CN(Cc2cc(CN(Cc3nc4ccccc4n3CC)Cc3nc4ccccc4n3CC)[n-]n2)Cc2nc3ccccc3n2CC)nc2ccccc21.[Mn+2].[Mn]. The molecule has 1 N–H and O–H groups in total. The molecular weight excluding hydrogens is 874 g/mol. The van der Waals surface area contributed by atoms with E-state index in [1.54, 1.807) is 0 Å². The van der Waals surface area contributed by atoms with Gasteiger partial charge in [0.1, 0.15) is 23.3 Å². The molecule has 0 aliphatic heterocycles. The molecule has 9 aromatic rings. The molecule has 14 nitrogen and oxygen atoms in total. The molecule has 0 saturated heterocycles. The summed E-state index contributed by atoms with van der Waals surface area (Å²) < 4.78 is 9.27. The maximum absolute atomic E-state index is 9.00. The number of nitrogens with zero attached hydrogens (tertiary/aromatic N) is 12. The van der Waals surface area contributed by atoms with E-state index in [1.165, 1.54) is 0 Å². The number of hydrogen-bond donors (Lipinski definition) is 1. The van der Waals surface area contributed by atoms with Gasteiger partial charge < -0.3 is 33.6 Å². The fraction of sp³-hybridized carbons (Fsp3) is 0.319. The van der Waals surface area contributed by atoms with Crippen LogP contribution >= 0.6 is 0 Å². The molecule has 0 atom stereocenters. The van der Waals surface area contributed by atoms with Gasteiger partial charge in [0.05, 0.1) is 70.3 Å². The molecule has 63 heavy (non-hydrogen) atoms. The molecule has 326 valence electrons. The number of para-hydroxylation sites is 8. The fourth-order valence-corrected chi connectivity index (χ4v) is 8.52. The van der Waals surface area contributed by atoms with Crippen LogP contribution in [0.4, 0.5) is 0 Å². The Hall–Kier alpha value is -5.60. The van der Waals surface area contributed by atoms with Crippen molar-refractivity contribution in [3.63, 3.8) is 0 Å². The monoisotopic (exact) mass is 927 g/mol. The largest absolute Gasteiger partial charge is 2.00 e. The van der Waals surface area contributed by atoms with E-state index >= 15 is 0 Å². The minimum absolute atomic E-state index is 0. The summed E-state index contributed by atoms with van der Waals surface area (Å²) in [6.07, 6.45) is 0. The van der Waals surface area contributed by atoms with Gasteiger partial charge in [-0.05, 0) is 76.2 Å². The van der Waals surface area contributed by atoms with E-state index in [2.05, 4.69) is 159 Å². The number of hydrogen-bond acceptors (Lipinski definition) is 8. The second-order valence-corrected chi connectivity index (χ2v) is 15.2. The van der Waals surface area contributed by atoms with Crippen molar-refractivity contribution in [1.82, 2.24) is 58.2 Å². The molecule has 4 aromatic carbocycles. The topological polar surface area (TPSA) is 142 Å². The number of aliphatic carboxylic acids is 1. The first kappa shape index (κ1) is 46.9. The fourth-order valence-electron chi connectivity index (χ4n) is 8.52. The maximum atomic E-state index is 9.00. The van der Waals surface area contributed by atoms with E-state index in [9.17, 15) is 0 Å². The van der Waals surface area contributed by atoms with Gasteiger partial charge in [-0.2, -0.15) is 0 Å². The Balaban J connectivity index is 0.00000106. The van der Waals surface area contributed by atoms with Gasteiger partial charge in [0.2, 0.25) is 0 Å². The van der Waals surface area contributed by atoms with Gasteiger partial charge >= 0.3 is 17.1 Å². The summed E-state index contributed by atoms with van der Waals surface area (Å²) in [5, 5.41) is 17.0. The third-order valence-electron chi connectivity index (χ3n) is 11.1.